The predicted molar refractivity (Wildman–Crippen MR) is 83.3 cm³/mol. The predicted octanol–water partition coefficient (Wildman–Crippen LogP) is 4.10. The van der Waals surface area contributed by atoms with E-state index in [0.717, 1.165) is 28.1 Å². The highest BCUT2D eigenvalue weighted by Crippen LogP contribution is 2.26. The van der Waals surface area contributed by atoms with Crippen LogP contribution >= 0.6 is 15.9 Å². The van der Waals surface area contributed by atoms with Crippen LogP contribution in [-0.4, -0.2) is 15.0 Å². The summed E-state index contributed by atoms with van der Waals surface area (Å²) in [5.74, 6) is 0. The monoisotopic (exact) mass is 325 g/mol. The van der Waals surface area contributed by atoms with Gasteiger partial charge in [-0.15, -0.1) is 0 Å². The van der Waals surface area contributed by atoms with Gasteiger partial charge in [0.25, 0.3) is 0 Å². The molecule has 0 spiro atoms. The molecule has 4 heteroatoms. The molecule has 0 saturated carbocycles. The summed E-state index contributed by atoms with van der Waals surface area (Å²) in [6.07, 6.45) is 7.21. The van der Waals surface area contributed by atoms with E-state index < -0.39 is 0 Å². The largest absolute Gasteiger partial charge is 0.264 e. The van der Waals surface area contributed by atoms with Crippen molar-refractivity contribution in [2.45, 2.75) is 5.33 Å². The first-order valence-electron chi connectivity index (χ1n) is 6.25. The molecule has 0 bridgehead atoms. The highest BCUT2D eigenvalue weighted by atomic mass is 79.9. The molecule has 0 atom stereocenters. The molecule has 0 aliphatic carbocycles. The van der Waals surface area contributed by atoms with Gasteiger partial charge >= 0.3 is 0 Å². The molecule has 3 heterocycles. The molecule has 0 saturated heterocycles. The van der Waals surface area contributed by atoms with E-state index >= 15 is 0 Å². The quantitative estimate of drug-likeness (QED) is 0.680. The van der Waals surface area contributed by atoms with E-state index in [1.54, 1.807) is 12.4 Å². The maximum atomic E-state index is 4.72. The standard InChI is InChI=1S/C16H12BrN3/c17-9-16-14(12-3-1-7-18-10-12)5-6-15(20-16)13-4-2-8-19-11-13/h1-8,10-11H,9H2. The van der Waals surface area contributed by atoms with Crippen molar-refractivity contribution in [3.63, 3.8) is 0 Å². The fraction of sp³-hybridized carbons (Fsp3) is 0.0625. The summed E-state index contributed by atoms with van der Waals surface area (Å²) in [5.41, 5.74) is 5.13. The van der Waals surface area contributed by atoms with Crippen LogP contribution in [-0.2, 0) is 5.33 Å². The minimum Gasteiger partial charge on any atom is -0.264 e. The Morgan fingerprint density at radius 3 is 2.15 bits per heavy atom. The smallest absolute Gasteiger partial charge is 0.0721 e. The zero-order valence-corrected chi connectivity index (χ0v) is 12.3. The second-order valence-electron chi connectivity index (χ2n) is 4.31. The zero-order chi connectivity index (χ0) is 13.8. The highest BCUT2D eigenvalue weighted by molar-refractivity contribution is 9.08. The van der Waals surface area contributed by atoms with Gasteiger partial charge in [0.2, 0.25) is 0 Å². The van der Waals surface area contributed by atoms with Crippen molar-refractivity contribution >= 4 is 15.9 Å². The lowest BCUT2D eigenvalue weighted by Gasteiger charge is -2.09. The number of pyridine rings is 3. The van der Waals surface area contributed by atoms with E-state index in [9.17, 15) is 0 Å². The Morgan fingerprint density at radius 1 is 0.850 bits per heavy atom. The molecule has 20 heavy (non-hydrogen) atoms. The first kappa shape index (κ1) is 12.9. The summed E-state index contributed by atoms with van der Waals surface area (Å²) in [6.45, 7) is 0. The summed E-state index contributed by atoms with van der Waals surface area (Å²) in [4.78, 5) is 13.0. The molecule has 0 amide bonds. The number of hydrogen-bond acceptors (Lipinski definition) is 3. The number of rotatable bonds is 3. The highest BCUT2D eigenvalue weighted by Gasteiger charge is 2.08. The van der Waals surface area contributed by atoms with Crippen molar-refractivity contribution < 1.29 is 0 Å². The minimum absolute atomic E-state index is 0.700. The molecule has 0 N–H and O–H groups in total. The Morgan fingerprint density at radius 2 is 1.55 bits per heavy atom. The average molecular weight is 326 g/mol. The third kappa shape index (κ3) is 2.60. The Kier molecular flexibility index (Phi) is 3.83. The third-order valence-corrected chi connectivity index (χ3v) is 3.56. The summed E-state index contributed by atoms with van der Waals surface area (Å²) in [5, 5.41) is 0.700. The van der Waals surface area contributed by atoms with Crippen molar-refractivity contribution in [1.29, 1.82) is 0 Å². The van der Waals surface area contributed by atoms with Gasteiger partial charge in [0, 0.05) is 46.8 Å². The van der Waals surface area contributed by atoms with Crippen LogP contribution in [0.25, 0.3) is 22.4 Å². The van der Waals surface area contributed by atoms with Crippen LogP contribution in [0.1, 0.15) is 5.69 Å². The molecule has 0 aliphatic rings. The molecule has 3 nitrogen and oxygen atoms in total. The van der Waals surface area contributed by atoms with Gasteiger partial charge in [-0.1, -0.05) is 28.1 Å². The SMILES string of the molecule is BrCc1nc(-c2cccnc2)ccc1-c1cccnc1. The number of hydrogen-bond donors (Lipinski definition) is 0. The number of aromatic nitrogens is 3. The maximum Gasteiger partial charge on any atom is 0.0721 e. The van der Waals surface area contributed by atoms with Gasteiger partial charge < -0.3 is 0 Å². The van der Waals surface area contributed by atoms with E-state index in [-0.39, 0.29) is 0 Å². The topological polar surface area (TPSA) is 38.7 Å². The Hall–Kier alpha value is -2.07. The second kappa shape index (κ2) is 5.92. The van der Waals surface area contributed by atoms with Gasteiger partial charge in [-0.25, -0.2) is 0 Å². The van der Waals surface area contributed by atoms with Crippen molar-refractivity contribution in [3.05, 3.63) is 66.9 Å². The number of alkyl halides is 1. The minimum atomic E-state index is 0.700. The lowest BCUT2D eigenvalue weighted by Crippen LogP contribution is -1.94. The molecular formula is C16H12BrN3. The van der Waals surface area contributed by atoms with Crippen molar-refractivity contribution in [1.82, 2.24) is 15.0 Å². The Bertz CT molecular complexity index is 699. The maximum absolute atomic E-state index is 4.72. The Labute approximate surface area is 125 Å². The van der Waals surface area contributed by atoms with Crippen molar-refractivity contribution in [2.24, 2.45) is 0 Å². The van der Waals surface area contributed by atoms with Crippen LogP contribution in [0.5, 0.6) is 0 Å². The molecule has 98 valence electrons. The van der Waals surface area contributed by atoms with Gasteiger partial charge in [0.15, 0.2) is 0 Å². The van der Waals surface area contributed by atoms with Crippen LogP contribution in [0.2, 0.25) is 0 Å². The van der Waals surface area contributed by atoms with E-state index in [0.29, 0.717) is 5.33 Å². The average Bonchev–Trinajstić information content (AvgIpc) is 2.56. The molecule has 3 rings (SSSR count). The fourth-order valence-corrected chi connectivity index (χ4v) is 2.49. The van der Waals surface area contributed by atoms with Gasteiger partial charge in [-0.3, -0.25) is 15.0 Å². The van der Waals surface area contributed by atoms with E-state index in [2.05, 4.69) is 32.0 Å². The fourth-order valence-electron chi connectivity index (χ4n) is 2.06. The van der Waals surface area contributed by atoms with Gasteiger partial charge in [0.1, 0.15) is 0 Å². The van der Waals surface area contributed by atoms with Crippen LogP contribution in [0, 0.1) is 0 Å². The normalized spacial score (nSPS) is 10.4. The van der Waals surface area contributed by atoms with E-state index in [4.69, 9.17) is 4.98 Å². The lowest BCUT2D eigenvalue weighted by molar-refractivity contribution is 1.18. The molecule has 3 aromatic rings. The summed E-state index contributed by atoms with van der Waals surface area (Å²) >= 11 is 3.51. The van der Waals surface area contributed by atoms with Crippen LogP contribution in [0.4, 0.5) is 0 Å². The molecule has 0 aromatic carbocycles. The van der Waals surface area contributed by atoms with Crippen LogP contribution < -0.4 is 0 Å². The van der Waals surface area contributed by atoms with Gasteiger partial charge in [-0.2, -0.15) is 0 Å². The van der Waals surface area contributed by atoms with E-state index in [1.807, 2.05) is 42.7 Å². The molecule has 3 aromatic heterocycles. The third-order valence-electron chi connectivity index (χ3n) is 3.03. The van der Waals surface area contributed by atoms with Gasteiger partial charge in [-0.05, 0) is 24.3 Å². The molecular weight excluding hydrogens is 314 g/mol. The van der Waals surface area contributed by atoms with Crippen molar-refractivity contribution in [3.8, 4) is 22.4 Å². The molecule has 0 fully saturated rings. The first-order valence-corrected chi connectivity index (χ1v) is 7.37. The number of nitrogens with zero attached hydrogens (tertiary/aromatic N) is 3. The zero-order valence-electron chi connectivity index (χ0n) is 10.7. The second-order valence-corrected chi connectivity index (χ2v) is 4.87. The van der Waals surface area contributed by atoms with Crippen LogP contribution in [0.3, 0.4) is 0 Å². The molecule has 0 unspecified atom stereocenters. The Balaban J connectivity index is 2.07. The first-order chi connectivity index (χ1) is 9.88. The van der Waals surface area contributed by atoms with E-state index in [1.165, 1.54) is 0 Å². The summed E-state index contributed by atoms with van der Waals surface area (Å²) in [6, 6.07) is 12.0. The van der Waals surface area contributed by atoms with Crippen LogP contribution in [0.15, 0.2) is 61.2 Å². The van der Waals surface area contributed by atoms with Crippen molar-refractivity contribution in [2.75, 3.05) is 0 Å². The lowest BCUT2D eigenvalue weighted by atomic mass is 10.0. The van der Waals surface area contributed by atoms with Gasteiger partial charge in [0.05, 0.1) is 11.4 Å². The molecule has 0 radical (unpaired) electrons. The number of halogens is 1. The summed E-state index contributed by atoms with van der Waals surface area (Å²) in [7, 11) is 0. The molecule has 0 aliphatic heterocycles. The summed E-state index contributed by atoms with van der Waals surface area (Å²) < 4.78 is 0.